The molecule has 2 amide bonds. The minimum atomic E-state index is -0.287. The van der Waals surface area contributed by atoms with Gasteiger partial charge in [0.25, 0.3) is 0 Å². The second-order valence-electron chi connectivity index (χ2n) is 6.40. The molecule has 2 rings (SSSR count). The summed E-state index contributed by atoms with van der Waals surface area (Å²) in [6.45, 7) is 6.30. The summed E-state index contributed by atoms with van der Waals surface area (Å²) < 4.78 is 0. The number of hydrogen-bond donors (Lipinski definition) is 2. The Balaban J connectivity index is 1.74. The zero-order valence-electron chi connectivity index (χ0n) is 15.4. The smallest absolute Gasteiger partial charge is 0.308 e. The standard InChI is InChI=1S/C19H28N4OS/c1-4-5-6-7-8-9-10-17-22-23-19(25-17)21-18(24)20-16-12-11-14(2)15(3)13-16/h11-13H,4-10H2,1-3H3,(H2,20,21,23,24). The molecule has 0 fully saturated rings. The van der Waals surface area contributed by atoms with Crippen molar-refractivity contribution < 1.29 is 4.79 Å². The van der Waals surface area contributed by atoms with Gasteiger partial charge in [0.2, 0.25) is 5.13 Å². The average Bonchev–Trinajstić information content (AvgIpc) is 3.01. The molecule has 6 heteroatoms. The summed E-state index contributed by atoms with van der Waals surface area (Å²) in [6, 6.07) is 5.56. The highest BCUT2D eigenvalue weighted by molar-refractivity contribution is 7.15. The van der Waals surface area contributed by atoms with Crippen molar-refractivity contribution >= 4 is 28.2 Å². The molecule has 1 heterocycles. The molecule has 0 spiro atoms. The Morgan fingerprint density at radius 2 is 1.76 bits per heavy atom. The second kappa shape index (κ2) is 10.1. The van der Waals surface area contributed by atoms with Crippen LogP contribution in [0.2, 0.25) is 0 Å². The fourth-order valence-electron chi connectivity index (χ4n) is 2.54. The van der Waals surface area contributed by atoms with Crippen LogP contribution < -0.4 is 10.6 Å². The molecule has 0 aliphatic rings. The lowest BCUT2D eigenvalue weighted by molar-refractivity contribution is 0.262. The van der Waals surface area contributed by atoms with Crippen LogP contribution in [0.5, 0.6) is 0 Å². The maximum Gasteiger partial charge on any atom is 0.325 e. The summed E-state index contributed by atoms with van der Waals surface area (Å²) in [5, 5.41) is 15.3. The van der Waals surface area contributed by atoms with Crippen molar-refractivity contribution in [1.29, 1.82) is 0 Å². The summed E-state index contributed by atoms with van der Waals surface area (Å²) >= 11 is 1.45. The lowest BCUT2D eigenvalue weighted by Gasteiger charge is -2.07. The van der Waals surface area contributed by atoms with Crippen LogP contribution in [0.4, 0.5) is 15.6 Å². The Bertz CT molecular complexity index is 684. The maximum atomic E-state index is 12.1. The molecule has 0 atom stereocenters. The lowest BCUT2D eigenvalue weighted by Crippen LogP contribution is -2.19. The molecule has 25 heavy (non-hydrogen) atoms. The second-order valence-corrected chi connectivity index (χ2v) is 7.46. The van der Waals surface area contributed by atoms with Crippen molar-refractivity contribution in [3.63, 3.8) is 0 Å². The number of aryl methyl sites for hydroxylation is 3. The van der Waals surface area contributed by atoms with Gasteiger partial charge in [-0.15, -0.1) is 10.2 Å². The van der Waals surface area contributed by atoms with Crippen molar-refractivity contribution in [3.8, 4) is 0 Å². The molecule has 0 bridgehead atoms. The quantitative estimate of drug-likeness (QED) is 0.563. The molecule has 5 nitrogen and oxygen atoms in total. The van der Waals surface area contributed by atoms with E-state index in [0.717, 1.165) is 29.1 Å². The van der Waals surface area contributed by atoms with Crippen molar-refractivity contribution in [2.45, 2.75) is 65.7 Å². The number of nitrogens with one attached hydrogen (secondary N) is 2. The van der Waals surface area contributed by atoms with E-state index in [9.17, 15) is 4.79 Å². The van der Waals surface area contributed by atoms with E-state index < -0.39 is 0 Å². The van der Waals surface area contributed by atoms with Gasteiger partial charge in [0.1, 0.15) is 5.01 Å². The summed E-state index contributed by atoms with van der Waals surface area (Å²) in [5.41, 5.74) is 3.13. The number of rotatable bonds is 9. The summed E-state index contributed by atoms with van der Waals surface area (Å²) in [5.74, 6) is 0. The first-order valence-corrected chi connectivity index (χ1v) is 9.87. The molecule has 0 saturated carbocycles. The fraction of sp³-hybridized carbons (Fsp3) is 0.526. The highest BCUT2D eigenvalue weighted by atomic mass is 32.1. The first kappa shape index (κ1) is 19.4. The van der Waals surface area contributed by atoms with E-state index in [-0.39, 0.29) is 6.03 Å². The van der Waals surface area contributed by atoms with Crippen molar-refractivity contribution in [3.05, 3.63) is 34.3 Å². The van der Waals surface area contributed by atoms with Crippen molar-refractivity contribution in [1.82, 2.24) is 10.2 Å². The van der Waals surface area contributed by atoms with E-state index in [1.807, 2.05) is 32.0 Å². The van der Waals surface area contributed by atoms with Gasteiger partial charge in [-0.3, -0.25) is 5.32 Å². The predicted molar refractivity (Wildman–Crippen MR) is 106 cm³/mol. The Morgan fingerprint density at radius 3 is 2.52 bits per heavy atom. The normalized spacial score (nSPS) is 10.7. The third-order valence-corrected chi connectivity index (χ3v) is 5.09. The van der Waals surface area contributed by atoms with E-state index in [1.54, 1.807) is 0 Å². The van der Waals surface area contributed by atoms with Gasteiger partial charge >= 0.3 is 6.03 Å². The number of aromatic nitrogens is 2. The van der Waals surface area contributed by atoms with Gasteiger partial charge in [0.05, 0.1) is 0 Å². The maximum absolute atomic E-state index is 12.1. The Hall–Kier alpha value is -1.95. The highest BCUT2D eigenvalue weighted by Crippen LogP contribution is 2.19. The molecular weight excluding hydrogens is 332 g/mol. The van der Waals surface area contributed by atoms with Gasteiger partial charge in [-0.1, -0.05) is 56.4 Å². The van der Waals surface area contributed by atoms with Crippen LogP contribution in [-0.2, 0) is 6.42 Å². The van der Waals surface area contributed by atoms with Gasteiger partial charge in [-0.25, -0.2) is 4.79 Å². The molecule has 0 aliphatic heterocycles. The molecule has 2 N–H and O–H groups in total. The van der Waals surface area contributed by atoms with Gasteiger partial charge < -0.3 is 5.32 Å². The van der Waals surface area contributed by atoms with Crippen LogP contribution in [0.1, 0.15) is 61.6 Å². The Labute approximate surface area is 154 Å². The molecule has 2 aromatic rings. The SMILES string of the molecule is CCCCCCCCc1nnc(NC(=O)Nc2ccc(C)c(C)c2)s1. The summed E-state index contributed by atoms with van der Waals surface area (Å²) in [4.78, 5) is 12.1. The molecule has 0 unspecified atom stereocenters. The zero-order valence-corrected chi connectivity index (χ0v) is 16.2. The van der Waals surface area contributed by atoms with E-state index >= 15 is 0 Å². The Kier molecular flexibility index (Phi) is 7.85. The van der Waals surface area contributed by atoms with Crippen LogP contribution in [0, 0.1) is 13.8 Å². The molecule has 0 radical (unpaired) electrons. The predicted octanol–water partition coefficient (Wildman–Crippen LogP) is 5.70. The number of anilines is 2. The van der Waals surface area contributed by atoms with Crippen LogP contribution in [0.25, 0.3) is 0 Å². The average molecular weight is 361 g/mol. The molecule has 1 aromatic heterocycles. The van der Waals surface area contributed by atoms with Crippen LogP contribution in [-0.4, -0.2) is 16.2 Å². The molecule has 0 saturated heterocycles. The zero-order chi connectivity index (χ0) is 18.1. The van der Waals surface area contributed by atoms with E-state index in [0.29, 0.717) is 5.13 Å². The molecule has 136 valence electrons. The number of nitrogens with zero attached hydrogens (tertiary/aromatic N) is 2. The van der Waals surface area contributed by atoms with E-state index in [1.165, 1.54) is 49.0 Å². The van der Waals surface area contributed by atoms with Gasteiger partial charge in [0, 0.05) is 12.1 Å². The number of unbranched alkanes of at least 4 members (excludes halogenated alkanes) is 5. The monoisotopic (exact) mass is 360 g/mol. The Morgan fingerprint density at radius 1 is 1.00 bits per heavy atom. The minimum Gasteiger partial charge on any atom is -0.308 e. The number of hydrogen-bond acceptors (Lipinski definition) is 4. The third kappa shape index (κ3) is 6.82. The topological polar surface area (TPSA) is 66.9 Å². The molecule has 0 aliphatic carbocycles. The summed E-state index contributed by atoms with van der Waals surface area (Å²) in [6.07, 6.45) is 8.50. The van der Waals surface area contributed by atoms with Gasteiger partial charge in [0.15, 0.2) is 0 Å². The van der Waals surface area contributed by atoms with Gasteiger partial charge in [-0.2, -0.15) is 0 Å². The van der Waals surface area contributed by atoms with Crippen molar-refractivity contribution in [2.24, 2.45) is 0 Å². The number of amides is 2. The molecule has 1 aromatic carbocycles. The molecular formula is C19H28N4OS. The van der Waals surface area contributed by atoms with E-state index in [2.05, 4.69) is 27.8 Å². The van der Waals surface area contributed by atoms with E-state index in [4.69, 9.17) is 0 Å². The lowest BCUT2D eigenvalue weighted by atomic mass is 10.1. The number of carbonyl (C=O) groups is 1. The van der Waals surface area contributed by atoms with Crippen molar-refractivity contribution in [2.75, 3.05) is 10.6 Å². The third-order valence-electron chi connectivity index (χ3n) is 4.20. The first-order chi connectivity index (χ1) is 12.1. The highest BCUT2D eigenvalue weighted by Gasteiger charge is 2.08. The minimum absolute atomic E-state index is 0.287. The van der Waals surface area contributed by atoms with Gasteiger partial charge in [-0.05, 0) is 43.5 Å². The van der Waals surface area contributed by atoms with Crippen LogP contribution in [0.15, 0.2) is 18.2 Å². The van der Waals surface area contributed by atoms with Crippen LogP contribution >= 0.6 is 11.3 Å². The largest absolute Gasteiger partial charge is 0.325 e. The number of urea groups is 1. The first-order valence-electron chi connectivity index (χ1n) is 9.06. The fourth-order valence-corrected chi connectivity index (χ4v) is 3.32. The summed E-state index contributed by atoms with van der Waals surface area (Å²) in [7, 11) is 0. The number of carbonyl (C=O) groups excluding carboxylic acids is 1. The number of benzene rings is 1. The van der Waals surface area contributed by atoms with Crippen LogP contribution in [0.3, 0.4) is 0 Å².